The summed E-state index contributed by atoms with van der Waals surface area (Å²) < 4.78 is 27.9. The van der Waals surface area contributed by atoms with E-state index in [0.29, 0.717) is 23.7 Å². The molecule has 0 saturated carbocycles. The maximum Gasteiger partial charge on any atom is 0.262 e. The number of hydrogen-bond donors (Lipinski definition) is 0. The molecular formula is C10H16N4O2S2. The Morgan fingerprint density at radius 1 is 1.28 bits per heavy atom. The molecule has 0 spiro atoms. The second-order valence-electron chi connectivity index (χ2n) is 3.91. The van der Waals surface area contributed by atoms with Crippen LogP contribution in [-0.2, 0) is 10.0 Å². The van der Waals surface area contributed by atoms with Gasteiger partial charge in [-0.15, -0.1) is 0 Å². The summed E-state index contributed by atoms with van der Waals surface area (Å²) >= 11 is 1.39. The molecule has 2 rings (SSSR count). The van der Waals surface area contributed by atoms with Crippen LogP contribution in [0.4, 0.5) is 0 Å². The zero-order chi connectivity index (χ0) is 13.5. The van der Waals surface area contributed by atoms with Gasteiger partial charge in [0.15, 0.2) is 5.03 Å². The van der Waals surface area contributed by atoms with Crippen LogP contribution in [0.15, 0.2) is 5.03 Å². The van der Waals surface area contributed by atoms with Crippen LogP contribution in [0.25, 0.3) is 4.96 Å². The highest BCUT2D eigenvalue weighted by Crippen LogP contribution is 2.24. The van der Waals surface area contributed by atoms with Crippen molar-refractivity contribution in [3.05, 3.63) is 10.7 Å². The van der Waals surface area contributed by atoms with E-state index < -0.39 is 10.0 Å². The molecule has 2 aromatic heterocycles. The van der Waals surface area contributed by atoms with Crippen LogP contribution in [0.5, 0.6) is 0 Å². The fraction of sp³-hybridized carbons (Fsp3) is 0.600. The molecule has 0 aliphatic carbocycles. The fourth-order valence-electron chi connectivity index (χ4n) is 1.91. The number of rotatable bonds is 4. The Morgan fingerprint density at radius 2 is 1.89 bits per heavy atom. The standard InChI is InChI=1S/C10H16N4O2S2/c1-5-13(6-2)18(15,16)9-7(3)11-10-14(9)12-8(4)17-10/h5-6H2,1-4H3. The van der Waals surface area contributed by atoms with E-state index in [1.54, 1.807) is 6.92 Å². The minimum Gasteiger partial charge on any atom is -0.221 e. The van der Waals surface area contributed by atoms with Crippen molar-refractivity contribution in [3.8, 4) is 0 Å². The highest BCUT2D eigenvalue weighted by molar-refractivity contribution is 7.89. The number of fused-ring (bicyclic) bond motifs is 1. The molecule has 0 N–H and O–H groups in total. The fourth-order valence-corrected chi connectivity index (χ4v) is 4.44. The van der Waals surface area contributed by atoms with Gasteiger partial charge in [-0.05, 0) is 13.8 Å². The minimum absolute atomic E-state index is 0.186. The Balaban J connectivity index is 2.69. The largest absolute Gasteiger partial charge is 0.262 e. The number of nitrogens with zero attached hydrogens (tertiary/aromatic N) is 4. The summed E-state index contributed by atoms with van der Waals surface area (Å²) in [6.07, 6.45) is 0. The SMILES string of the molecule is CCN(CC)S(=O)(=O)c1c(C)nc2sc(C)nn12. The predicted octanol–water partition coefficient (Wildman–Crippen LogP) is 1.44. The first-order valence-electron chi connectivity index (χ1n) is 5.74. The van der Waals surface area contributed by atoms with Gasteiger partial charge in [0.2, 0.25) is 4.96 Å². The van der Waals surface area contributed by atoms with Gasteiger partial charge in [0.05, 0.1) is 5.69 Å². The van der Waals surface area contributed by atoms with Crippen LogP contribution in [0.2, 0.25) is 0 Å². The lowest BCUT2D eigenvalue weighted by atomic mass is 10.6. The van der Waals surface area contributed by atoms with Gasteiger partial charge in [-0.3, -0.25) is 0 Å². The first-order valence-corrected chi connectivity index (χ1v) is 8.00. The third kappa shape index (κ3) is 1.94. The monoisotopic (exact) mass is 288 g/mol. The normalized spacial score (nSPS) is 12.7. The number of aryl methyl sites for hydroxylation is 2. The topological polar surface area (TPSA) is 67.6 Å². The molecule has 0 fully saturated rings. The van der Waals surface area contributed by atoms with E-state index in [4.69, 9.17) is 0 Å². The van der Waals surface area contributed by atoms with Crippen molar-refractivity contribution in [2.45, 2.75) is 32.7 Å². The van der Waals surface area contributed by atoms with Gasteiger partial charge in [-0.2, -0.15) is 13.9 Å². The number of imidazole rings is 1. The third-order valence-corrected chi connectivity index (χ3v) is 5.69. The summed E-state index contributed by atoms with van der Waals surface area (Å²) in [5.74, 6) is 0. The van der Waals surface area contributed by atoms with Crippen molar-refractivity contribution in [1.82, 2.24) is 18.9 Å². The quantitative estimate of drug-likeness (QED) is 0.853. The molecule has 18 heavy (non-hydrogen) atoms. The molecule has 2 aromatic rings. The number of aromatic nitrogens is 3. The van der Waals surface area contributed by atoms with E-state index in [9.17, 15) is 8.42 Å². The third-order valence-electron chi connectivity index (χ3n) is 2.72. The Labute approximate surface area is 110 Å². The second kappa shape index (κ2) is 4.60. The Kier molecular flexibility index (Phi) is 3.43. The van der Waals surface area contributed by atoms with Crippen molar-refractivity contribution in [2.75, 3.05) is 13.1 Å². The van der Waals surface area contributed by atoms with Gasteiger partial charge >= 0.3 is 0 Å². The molecule has 100 valence electrons. The van der Waals surface area contributed by atoms with Crippen molar-refractivity contribution in [1.29, 1.82) is 0 Å². The first kappa shape index (κ1) is 13.4. The molecule has 8 heteroatoms. The van der Waals surface area contributed by atoms with Crippen molar-refractivity contribution >= 4 is 26.3 Å². The lowest BCUT2D eigenvalue weighted by Gasteiger charge is -2.17. The predicted molar refractivity (Wildman–Crippen MR) is 70.4 cm³/mol. The van der Waals surface area contributed by atoms with Gasteiger partial charge in [-0.1, -0.05) is 25.2 Å². The van der Waals surface area contributed by atoms with Gasteiger partial charge in [0.25, 0.3) is 10.0 Å². The highest BCUT2D eigenvalue weighted by Gasteiger charge is 2.29. The molecular weight excluding hydrogens is 272 g/mol. The van der Waals surface area contributed by atoms with Gasteiger partial charge in [0, 0.05) is 13.1 Å². The Morgan fingerprint density at radius 3 is 2.44 bits per heavy atom. The van der Waals surface area contributed by atoms with Crippen LogP contribution in [0.1, 0.15) is 24.5 Å². The molecule has 0 amide bonds. The van der Waals surface area contributed by atoms with E-state index in [1.165, 1.54) is 20.2 Å². The van der Waals surface area contributed by atoms with E-state index in [0.717, 1.165) is 5.01 Å². The van der Waals surface area contributed by atoms with Crippen LogP contribution in [-0.4, -0.2) is 40.4 Å². The number of sulfonamides is 1. The molecule has 0 bridgehead atoms. The molecule has 0 saturated heterocycles. The zero-order valence-corrected chi connectivity index (χ0v) is 12.5. The summed E-state index contributed by atoms with van der Waals surface area (Å²) in [7, 11) is -3.52. The zero-order valence-electron chi connectivity index (χ0n) is 10.8. The average Bonchev–Trinajstić information content (AvgIpc) is 2.73. The molecule has 2 heterocycles. The van der Waals surface area contributed by atoms with E-state index in [1.807, 2.05) is 20.8 Å². The smallest absolute Gasteiger partial charge is 0.221 e. The molecule has 0 aliphatic heterocycles. The van der Waals surface area contributed by atoms with Gasteiger partial charge in [0.1, 0.15) is 5.01 Å². The second-order valence-corrected chi connectivity index (χ2v) is 6.92. The maximum absolute atomic E-state index is 12.5. The van der Waals surface area contributed by atoms with Crippen molar-refractivity contribution in [3.63, 3.8) is 0 Å². The maximum atomic E-state index is 12.5. The average molecular weight is 288 g/mol. The molecule has 0 unspecified atom stereocenters. The van der Waals surface area contributed by atoms with Crippen LogP contribution in [0, 0.1) is 13.8 Å². The molecule has 0 aromatic carbocycles. The van der Waals surface area contributed by atoms with Gasteiger partial charge in [-0.25, -0.2) is 13.4 Å². The van der Waals surface area contributed by atoms with E-state index in [2.05, 4.69) is 10.1 Å². The van der Waals surface area contributed by atoms with Gasteiger partial charge < -0.3 is 0 Å². The Hall–Kier alpha value is -0.990. The summed E-state index contributed by atoms with van der Waals surface area (Å²) in [4.78, 5) is 4.89. The first-order chi connectivity index (χ1) is 8.41. The van der Waals surface area contributed by atoms with E-state index >= 15 is 0 Å². The summed E-state index contributed by atoms with van der Waals surface area (Å²) in [5.41, 5.74) is 0.501. The Bertz CT molecular complexity index is 667. The van der Waals surface area contributed by atoms with Crippen LogP contribution >= 0.6 is 11.3 Å². The van der Waals surface area contributed by atoms with Crippen LogP contribution < -0.4 is 0 Å². The van der Waals surface area contributed by atoms with Crippen LogP contribution in [0.3, 0.4) is 0 Å². The lowest BCUT2D eigenvalue weighted by Crippen LogP contribution is -2.32. The minimum atomic E-state index is -3.52. The number of hydrogen-bond acceptors (Lipinski definition) is 5. The summed E-state index contributed by atoms with van der Waals surface area (Å²) in [6, 6.07) is 0. The molecule has 0 radical (unpaired) electrons. The van der Waals surface area contributed by atoms with Crippen molar-refractivity contribution < 1.29 is 8.42 Å². The summed E-state index contributed by atoms with van der Waals surface area (Å²) in [5, 5.41) is 5.20. The molecule has 0 aliphatic rings. The highest BCUT2D eigenvalue weighted by atomic mass is 32.2. The molecule has 0 atom stereocenters. The lowest BCUT2D eigenvalue weighted by molar-refractivity contribution is 0.440. The van der Waals surface area contributed by atoms with E-state index in [-0.39, 0.29) is 5.03 Å². The van der Waals surface area contributed by atoms with Crippen molar-refractivity contribution in [2.24, 2.45) is 0 Å². The summed E-state index contributed by atoms with van der Waals surface area (Å²) in [6.45, 7) is 8.06. The molecule has 6 nitrogen and oxygen atoms in total.